The first kappa shape index (κ1) is 13.6. The molecule has 1 heterocycles. The van der Waals surface area contributed by atoms with Gasteiger partial charge in [-0.2, -0.15) is 0 Å². The molecule has 0 unspecified atom stereocenters. The second-order valence-corrected chi connectivity index (χ2v) is 5.42. The molecule has 0 aromatic carbocycles. The van der Waals surface area contributed by atoms with Gasteiger partial charge in [-0.15, -0.1) is 0 Å². The van der Waals surface area contributed by atoms with Crippen molar-refractivity contribution in [3.05, 3.63) is 10.4 Å². The zero-order valence-electron chi connectivity index (χ0n) is 10.9. The van der Waals surface area contributed by atoms with E-state index in [0.717, 1.165) is 12.8 Å². The molecule has 1 rings (SSSR count). The summed E-state index contributed by atoms with van der Waals surface area (Å²) >= 11 is 0. The topological polar surface area (TPSA) is 78.3 Å². The quantitative estimate of drug-likeness (QED) is 0.401. The molecule has 0 radical (unpaired) electrons. The van der Waals surface area contributed by atoms with Gasteiger partial charge in [-0.25, -0.2) is 4.79 Å². The molecule has 17 heavy (non-hydrogen) atoms. The van der Waals surface area contributed by atoms with E-state index in [0.29, 0.717) is 6.54 Å². The third kappa shape index (κ3) is 4.15. The Morgan fingerprint density at radius 2 is 2.12 bits per heavy atom. The summed E-state index contributed by atoms with van der Waals surface area (Å²) in [6.45, 7) is 7.94. The van der Waals surface area contributed by atoms with Gasteiger partial charge in [-0.05, 0) is 46.1 Å². The molecule has 2 atom stereocenters. The van der Waals surface area contributed by atoms with E-state index in [-0.39, 0.29) is 18.2 Å². The van der Waals surface area contributed by atoms with E-state index in [1.54, 1.807) is 4.90 Å². The molecule has 0 N–H and O–H groups in total. The van der Waals surface area contributed by atoms with Gasteiger partial charge in [0.2, 0.25) is 0 Å². The molecule has 0 aromatic rings. The predicted molar refractivity (Wildman–Crippen MR) is 64.6 cm³/mol. The Kier molecular flexibility index (Phi) is 4.23. The highest BCUT2D eigenvalue weighted by atomic mass is 16.6. The summed E-state index contributed by atoms with van der Waals surface area (Å²) in [6.07, 6.45) is 1.33. The lowest BCUT2D eigenvalue weighted by Crippen LogP contribution is -2.48. The highest BCUT2D eigenvalue weighted by Gasteiger charge is 2.31. The van der Waals surface area contributed by atoms with E-state index in [9.17, 15) is 4.79 Å². The Balaban J connectivity index is 2.66. The average molecular weight is 240 g/mol. The van der Waals surface area contributed by atoms with Crippen molar-refractivity contribution in [2.24, 2.45) is 5.11 Å². The van der Waals surface area contributed by atoms with Crippen LogP contribution in [-0.4, -0.2) is 35.2 Å². The Labute approximate surface area is 102 Å². The fraction of sp³-hybridized carbons (Fsp3) is 0.909. The number of azide groups is 1. The summed E-state index contributed by atoms with van der Waals surface area (Å²) in [5.41, 5.74) is 7.92. The Morgan fingerprint density at radius 3 is 2.65 bits per heavy atom. The molecular weight excluding hydrogens is 220 g/mol. The van der Waals surface area contributed by atoms with Crippen LogP contribution < -0.4 is 0 Å². The monoisotopic (exact) mass is 240 g/mol. The first-order valence-electron chi connectivity index (χ1n) is 5.87. The molecule has 0 bridgehead atoms. The number of hydrogen-bond acceptors (Lipinski definition) is 3. The van der Waals surface area contributed by atoms with Crippen LogP contribution in [-0.2, 0) is 4.74 Å². The molecule has 6 nitrogen and oxygen atoms in total. The van der Waals surface area contributed by atoms with E-state index < -0.39 is 5.60 Å². The first-order chi connectivity index (χ1) is 7.83. The molecule has 1 saturated heterocycles. The minimum atomic E-state index is -0.498. The summed E-state index contributed by atoms with van der Waals surface area (Å²) in [7, 11) is 0. The van der Waals surface area contributed by atoms with E-state index in [1.165, 1.54) is 0 Å². The smallest absolute Gasteiger partial charge is 0.410 e. The summed E-state index contributed by atoms with van der Waals surface area (Å²) in [5.74, 6) is 0. The molecule has 0 aromatic heterocycles. The molecule has 0 aliphatic carbocycles. The van der Waals surface area contributed by atoms with Crippen LogP contribution in [0.4, 0.5) is 4.79 Å². The number of ether oxygens (including phenoxy) is 1. The number of piperidine rings is 1. The van der Waals surface area contributed by atoms with Crippen LogP contribution >= 0.6 is 0 Å². The summed E-state index contributed by atoms with van der Waals surface area (Å²) in [4.78, 5) is 16.4. The fourth-order valence-electron chi connectivity index (χ4n) is 1.83. The van der Waals surface area contributed by atoms with Gasteiger partial charge >= 0.3 is 6.09 Å². The van der Waals surface area contributed by atoms with Crippen LogP contribution in [0.1, 0.15) is 40.5 Å². The van der Waals surface area contributed by atoms with Gasteiger partial charge in [0.1, 0.15) is 5.60 Å². The van der Waals surface area contributed by atoms with Crippen LogP contribution in [0.15, 0.2) is 5.11 Å². The van der Waals surface area contributed by atoms with Crippen LogP contribution in [0, 0.1) is 0 Å². The lowest BCUT2D eigenvalue weighted by molar-refractivity contribution is 0.0100. The van der Waals surface area contributed by atoms with Gasteiger partial charge in [-0.3, -0.25) is 0 Å². The van der Waals surface area contributed by atoms with Crippen LogP contribution in [0.2, 0.25) is 0 Å². The maximum Gasteiger partial charge on any atom is 0.410 e. The molecule has 1 amide bonds. The number of rotatable bonds is 1. The normalized spacial score (nSPS) is 25.1. The molecule has 96 valence electrons. The van der Waals surface area contributed by atoms with Gasteiger partial charge in [-0.1, -0.05) is 5.11 Å². The van der Waals surface area contributed by atoms with Crippen molar-refractivity contribution in [2.45, 2.75) is 58.2 Å². The molecule has 1 aliphatic rings. The fourth-order valence-corrected chi connectivity index (χ4v) is 1.83. The maximum atomic E-state index is 11.9. The highest BCUT2D eigenvalue weighted by molar-refractivity contribution is 5.68. The second kappa shape index (κ2) is 5.27. The zero-order valence-corrected chi connectivity index (χ0v) is 10.9. The Morgan fingerprint density at radius 1 is 1.47 bits per heavy atom. The van der Waals surface area contributed by atoms with E-state index in [2.05, 4.69) is 10.0 Å². The minimum absolute atomic E-state index is 0.134. The van der Waals surface area contributed by atoms with Crippen LogP contribution in [0.25, 0.3) is 10.4 Å². The van der Waals surface area contributed by atoms with Crippen molar-refractivity contribution in [1.82, 2.24) is 4.90 Å². The average Bonchev–Trinajstić information content (AvgIpc) is 2.18. The van der Waals surface area contributed by atoms with Gasteiger partial charge in [0.25, 0.3) is 0 Å². The van der Waals surface area contributed by atoms with Crippen molar-refractivity contribution in [2.75, 3.05) is 6.54 Å². The van der Waals surface area contributed by atoms with Gasteiger partial charge in [0.05, 0.1) is 6.04 Å². The molecule has 1 aliphatic heterocycles. The number of nitrogens with zero attached hydrogens (tertiary/aromatic N) is 4. The van der Waals surface area contributed by atoms with Gasteiger partial charge in [0, 0.05) is 17.5 Å². The first-order valence-corrected chi connectivity index (χ1v) is 5.87. The van der Waals surface area contributed by atoms with E-state index in [1.807, 2.05) is 27.7 Å². The van der Waals surface area contributed by atoms with Gasteiger partial charge < -0.3 is 9.64 Å². The molecule has 6 heteroatoms. The summed E-state index contributed by atoms with van der Waals surface area (Å²) < 4.78 is 5.33. The van der Waals surface area contributed by atoms with E-state index in [4.69, 9.17) is 10.3 Å². The zero-order chi connectivity index (χ0) is 13.1. The van der Waals surface area contributed by atoms with Crippen LogP contribution in [0.5, 0.6) is 0 Å². The standard InChI is InChI=1S/C11H20N4O2/c1-8-5-6-9(13-14-12)7-15(8)10(16)17-11(2,3)4/h8-9H,5-7H2,1-4H3/t8-,9+/m0/s1. The maximum absolute atomic E-state index is 11.9. The molecular formula is C11H20N4O2. The summed E-state index contributed by atoms with van der Waals surface area (Å²) in [5, 5.41) is 3.68. The van der Waals surface area contributed by atoms with E-state index >= 15 is 0 Å². The molecule has 0 spiro atoms. The highest BCUT2D eigenvalue weighted by Crippen LogP contribution is 2.22. The second-order valence-electron chi connectivity index (χ2n) is 5.42. The number of amides is 1. The third-order valence-corrected chi connectivity index (χ3v) is 2.70. The number of carbonyl (C=O) groups is 1. The molecule has 0 saturated carbocycles. The Hall–Kier alpha value is -1.42. The third-order valence-electron chi connectivity index (χ3n) is 2.70. The predicted octanol–water partition coefficient (Wildman–Crippen LogP) is 3.08. The minimum Gasteiger partial charge on any atom is -0.444 e. The molecule has 1 fully saturated rings. The van der Waals surface area contributed by atoms with Crippen molar-refractivity contribution in [3.63, 3.8) is 0 Å². The van der Waals surface area contributed by atoms with Crippen molar-refractivity contribution >= 4 is 6.09 Å². The van der Waals surface area contributed by atoms with Crippen molar-refractivity contribution in [1.29, 1.82) is 0 Å². The van der Waals surface area contributed by atoms with Gasteiger partial charge in [0.15, 0.2) is 0 Å². The SMILES string of the molecule is C[C@H]1CC[C@@H](N=[N+]=[N-])CN1C(=O)OC(C)(C)C. The van der Waals surface area contributed by atoms with Crippen LogP contribution in [0.3, 0.4) is 0 Å². The summed E-state index contributed by atoms with van der Waals surface area (Å²) in [6, 6.07) is -0.00119. The number of hydrogen-bond donors (Lipinski definition) is 0. The lowest BCUT2D eigenvalue weighted by atomic mass is 10.0. The van der Waals surface area contributed by atoms with Crippen molar-refractivity contribution < 1.29 is 9.53 Å². The lowest BCUT2D eigenvalue weighted by Gasteiger charge is -2.37. The number of carbonyl (C=O) groups excluding carboxylic acids is 1. The Bertz CT molecular complexity index is 331. The van der Waals surface area contributed by atoms with Crippen molar-refractivity contribution in [3.8, 4) is 0 Å². The number of likely N-dealkylation sites (tertiary alicyclic amines) is 1. The largest absolute Gasteiger partial charge is 0.444 e.